The molecular weight excluding hydrogens is 216 g/mol. The Morgan fingerprint density at radius 3 is 2.53 bits per heavy atom. The fourth-order valence-electron chi connectivity index (χ4n) is 1.13. The van der Waals surface area contributed by atoms with Crippen LogP contribution in [0.1, 0.15) is 18.6 Å². The molecule has 0 aliphatic rings. The van der Waals surface area contributed by atoms with E-state index in [-0.39, 0.29) is 6.10 Å². The maximum atomic E-state index is 10.9. The molecule has 0 saturated carbocycles. The third-order valence-corrected chi connectivity index (χ3v) is 2.42. The van der Waals surface area contributed by atoms with Crippen molar-refractivity contribution in [2.75, 3.05) is 13.4 Å². The van der Waals surface area contributed by atoms with Gasteiger partial charge in [0.25, 0.3) is 0 Å². The number of hydrogen-bond acceptors (Lipinski definition) is 4. The standard InChI is InChI=1S/C10H14O4S/c1-8(13-2)9-5-4-6-10(7-9)14-15(3,11)12/h4-8H,1-3H3. The highest BCUT2D eigenvalue weighted by Gasteiger charge is 2.08. The van der Waals surface area contributed by atoms with E-state index < -0.39 is 10.1 Å². The fraction of sp³-hybridized carbons (Fsp3) is 0.400. The molecule has 0 aromatic heterocycles. The Balaban J connectivity index is 2.93. The molecule has 0 saturated heterocycles. The monoisotopic (exact) mass is 230 g/mol. The van der Waals surface area contributed by atoms with Crippen molar-refractivity contribution < 1.29 is 17.3 Å². The van der Waals surface area contributed by atoms with Crippen LogP contribution in [0.25, 0.3) is 0 Å². The Morgan fingerprint density at radius 2 is 2.00 bits per heavy atom. The topological polar surface area (TPSA) is 52.6 Å². The van der Waals surface area contributed by atoms with Gasteiger partial charge in [-0.25, -0.2) is 0 Å². The normalized spacial score (nSPS) is 13.5. The maximum absolute atomic E-state index is 10.9. The average Bonchev–Trinajstić information content (AvgIpc) is 2.14. The van der Waals surface area contributed by atoms with E-state index in [9.17, 15) is 8.42 Å². The lowest BCUT2D eigenvalue weighted by Crippen LogP contribution is -2.06. The van der Waals surface area contributed by atoms with Crippen molar-refractivity contribution in [3.8, 4) is 5.75 Å². The van der Waals surface area contributed by atoms with Crippen LogP contribution in [-0.4, -0.2) is 21.8 Å². The number of rotatable bonds is 4. The van der Waals surface area contributed by atoms with E-state index in [2.05, 4.69) is 0 Å². The second-order valence-electron chi connectivity index (χ2n) is 3.24. The van der Waals surface area contributed by atoms with E-state index in [0.717, 1.165) is 11.8 Å². The van der Waals surface area contributed by atoms with E-state index in [0.29, 0.717) is 5.75 Å². The first-order valence-corrected chi connectivity index (χ1v) is 6.26. The quantitative estimate of drug-likeness (QED) is 0.739. The Labute approximate surface area is 90.0 Å². The molecule has 0 radical (unpaired) electrons. The lowest BCUT2D eigenvalue weighted by Gasteiger charge is -2.10. The summed E-state index contributed by atoms with van der Waals surface area (Å²) < 4.78 is 31.7. The molecule has 1 rings (SSSR count). The first-order chi connectivity index (χ1) is 6.92. The second-order valence-corrected chi connectivity index (χ2v) is 4.81. The summed E-state index contributed by atoms with van der Waals surface area (Å²) in [5.74, 6) is 0.305. The summed E-state index contributed by atoms with van der Waals surface area (Å²) >= 11 is 0. The molecule has 1 aromatic carbocycles. The van der Waals surface area contributed by atoms with Gasteiger partial charge in [-0.3, -0.25) is 0 Å². The van der Waals surface area contributed by atoms with Gasteiger partial charge >= 0.3 is 10.1 Å². The second kappa shape index (κ2) is 4.63. The minimum absolute atomic E-state index is 0.0897. The van der Waals surface area contributed by atoms with Crippen molar-refractivity contribution >= 4 is 10.1 Å². The Kier molecular flexibility index (Phi) is 3.71. The SMILES string of the molecule is COC(C)c1cccc(OS(C)(=O)=O)c1. The molecule has 0 heterocycles. The van der Waals surface area contributed by atoms with Crippen LogP contribution < -0.4 is 4.18 Å². The van der Waals surface area contributed by atoms with Crippen molar-refractivity contribution in [1.82, 2.24) is 0 Å². The number of ether oxygens (including phenoxy) is 1. The zero-order valence-corrected chi connectivity index (χ0v) is 9.74. The van der Waals surface area contributed by atoms with Gasteiger partial charge in [0.1, 0.15) is 5.75 Å². The average molecular weight is 230 g/mol. The molecule has 0 amide bonds. The van der Waals surface area contributed by atoms with Crippen LogP contribution in [0.4, 0.5) is 0 Å². The summed E-state index contributed by atoms with van der Waals surface area (Å²) in [7, 11) is -1.88. The number of methoxy groups -OCH3 is 1. The van der Waals surface area contributed by atoms with Crippen molar-refractivity contribution in [2.24, 2.45) is 0 Å². The van der Waals surface area contributed by atoms with Gasteiger partial charge in [0, 0.05) is 7.11 Å². The van der Waals surface area contributed by atoms with E-state index in [1.54, 1.807) is 25.3 Å². The molecule has 4 nitrogen and oxygen atoms in total. The van der Waals surface area contributed by atoms with Crippen LogP contribution >= 0.6 is 0 Å². The van der Waals surface area contributed by atoms with Crippen LogP contribution in [-0.2, 0) is 14.9 Å². The lowest BCUT2D eigenvalue weighted by molar-refractivity contribution is 0.119. The third-order valence-electron chi connectivity index (χ3n) is 1.93. The third kappa shape index (κ3) is 3.89. The Bertz CT molecular complexity index is 425. The molecule has 0 aliphatic carbocycles. The highest BCUT2D eigenvalue weighted by atomic mass is 32.2. The molecule has 0 bridgehead atoms. The molecule has 15 heavy (non-hydrogen) atoms. The highest BCUT2D eigenvalue weighted by molar-refractivity contribution is 7.86. The lowest BCUT2D eigenvalue weighted by atomic mass is 10.1. The molecule has 1 aromatic rings. The summed E-state index contributed by atoms with van der Waals surface area (Å²) in [4.78, 5) is 0. The Morgan fingerprint density at radius 1 is 1.33 bits per heavy atom. The summed E-state index contributed by atoms with van der Waals surface area (Å²) in [5.41, 5.74) is 0.874. The summed E-state index contributed by atoms with van der Waals surface area (Å²) in [6.07, 6.45) is 0.924. The zero-order chi connectivity index (χ0) is 11.5. The molecular formula is C10H14O4S. The zero-order valence-electron chi connectivity index (χ0n) is 8.93. The van der Waals surface area contributed by atoms with Gasteiger partial charge in [0.15, 0.2) is 0 Å². The largest absolute Gasteiger partial charge is 0.383 e. The fourth-order valence-corrected chi connectivity index (χ4v) is 1.58. The summed E-state index contributed by atoms with van der Waals surface area (Å²) in [5, 5.41) is 0. The predicted molar refractivity (Wildman–Crippen MR) is 57.3 cm³/mol. The molecule has 0 fully saturated rings. The minimum Gasteiger partial charge on any atom is -0.383 e. The van der Waals surface area contributed by atoms with Crippen molar-refractivity contribution in [2.45, 2.75) is 13.0 Å². The van der Waals surface area contributed by atoms with Gasteiger partial charge in [-0.1, -0.05) is 12.1 Å². The first kappa shape index (κ1) is 12.0. The van der Waals surface area contributed by atoms with E-state index in [1.807, 2.05) is 13.0 Å². The van der Waals surface area contributed by atoms with Gasteiger partial charge < -0.3 is 8.92 Å². The van der Waals surface area contributed by atoms with Crippen LogP contribution in [0.15, 0.2) is 24.3 Å². The molecule has 1 unspecified atom stereocenters. The van der Waals surface area contributed by atoms with E-state index in [4.69, 9.17) is 8.92 Å². The molecule has 0 N–H and O–H groups in total. The molecule has 5 heteroatoms. The Hall–Kier alpha value is -1.07. The number of hydrogen-bond donors (Lipinski definition) is 0. The molecule has 0 aliphatic heterocycles. The van der Waals surface area contributed by atoms with Gasteiger partial charge in [0.05, 0.1) is 12.4 Å². The molecule has 84 valence electrons. The van der Waals surface area contributed by atoms with Crippen molar-refractivity contribution in [3.05, 3.63) is 29.8 Å². The first-order valence-electron chi connectivity index (χ1n) is 4.44. The smallest absolute Gasteiger partial charge is 0.306 e. The van der Waals surface area contributed by atoms with Crippen LogP contribution in [0.2, 0.25) is 0 Å². The van der Waals surface area contributed by atoms with Crippen LogP contribution in [0.5, 0.6) is 5.75 Å². The maximum Gasteiger partial charge on any atom is 0.306 e. The number of benzene rings is 1. The van der Waals surface area contributed by atoms with Gasteiger partial charge in [-0.15, -0.1) is 0 Å². The summed E-state index contributed by atoms with van der Waals surface area (Å²) in [6, 6.07) is 6.82. The van der Waals surface area contributed by atoms with Gasteiger partial charge in [-0.05, 0) is 24.6 Å². The van der Waals surface area contributed by atoms with E-state index >= 15 is 0 Å². The van der Waals surface area contributed by atoms with Crippen molar-refractivity contribution in [1.29, 1.82) is 0 Å². The van der Waals surface area contributed by atoms with Gasteiger partial charge in [0.2, 0.25) is 0 Å². The molecule has 0 spiro atoms. The van der Waals surface area contributed by atoms with Crippen LogP contribution in [0, 0.1) is 0 Å². The van der Waals surface area contributed by atoms with Gasteiger partial charge in [-0.2, -0.15) is 8.42 Å². The molecule has 1 atom stereocenters. The van der Waals surface area contributed by atoms with Crippen molar-refractivity contribution in [3.63, 3.8) is 0 Å². The van der Waals surface area contributed by atoms with Crippen LogP contribution in [0.3, 0.4) is 0 Å². The summed E-state index contributed by atoms with van der Waals surface area (Å²) in [6.45, 7) is 1.87. The highest BCUT2D eigenvalue weighted by Crippen LogP contribution is 2.21. The minimum atomic E-state index is -3.47. The predicted octanol–water partition coefficient (Wildman–Crippen LogP) is 1.73. The van der Waals surface area contributed by atoms with E-state index in [1.165, 1.54) is 0 Å².